The van der Waals surface area contributed by atoms with Crippen LogP contribution in [0.1, 0.15) is 24.1 Å². The van der Waals surface area contributed by atoms with Gasteiger partial charge in [0.25, 0.3) is 10.0 Å². The molecule has 8 nitrogen and oxygen atoms in total. The zero-order valence-electron chi connectivity index (χ0n) is 19.3. The third-order valence-corrected chi connectivity index (χ3v) is 7.93. The molecule has 2 aromatic heterocycles. The number of nitrogens with zero attached hydrogens (tertiary/aromatic N) is 3. The Kier molecular flexibility index (Phi) is 6.46. The van der Waals surface area contributed by atoms with Crippen molar-refractivity contribution in [2.75, 3.05) is 6.54 Å². The van der Waals surface area contributed by atoms with Gasteiger partial charge in [0.1, 0.15) is 11.6 Å². The van der Waals surface area contributed by atoms with Crippen LogP contribution in [-0.2, 0) is 27.5 Å². The van der Waals surface area contributed by atoms with Gasteiger partial charge in [0, 0.05) is 23.6 Å². The summed E-state index contributed by atoms with van der Waals surface area (Å²) in [5.74, 6) is -0.487. The highest BCUT2D eigenvalue weighted by molar-refractivity contribution is 7.89. The van der Waals surface area contributed by atoms with Crippen molar-refractivity contribution in [3.05, 3.63) is 78.1 Å². The number of benzene rings is 2. The molecule has 3 heterocycles. The van der Waals surface area contributed by atoms with Crippen molar-refractivity contribution in [2.45, 2.75) is 36.7 Å². The molecular formula is C25H21F3N4O4S. The number of aromatic nitrogens is 2. The number of hydrogen-bond acceptors (Lipinski definition) is 6. The van der Waals surface area contributed by atoms with Gasteiger partial charge in [-0.3, -0.25) is 4.79 Å². The van der Waals surface area contributed by atoms with Crippen LogP contribution in [0.15, 0.2) is 76.4 Å². The van der Waals surface area contributed by atoms with Gasteiger partial charge in [-0.1, -0.05) is 30.3 Å². The molecule has 0 saturated carbocycles. The molecule has 0 bridgehead atoms. The monoisotopic (exact) mass is 530 g/mol. The quantitative estimate of drug-likeness (QED) is 0.397. The Morgan fingerprint density at radius 2 is 1.84 bits per heavy atom. The lowest BCUT2D eigenvalue weighted by atomic mass is 10.1. The topological polar surface area (TPSA) is 105 Å². The molecule has 1 atom stereocenters. The minimum absolute atomic E-state index is 0.0324. The first kappa shape index (κ1) is 24.9. The molecule has 1 amide bonds. The van der Waals surface area contributed by atoms with Gasteiger partial charge >= 0.3 is 6.18 Å². The van der Waals surface area contributed by atoms with E-state index < -0.39 is 33.7 Å². The lowest BCUT2D eigenvalue weighted by Gasteiger charge is -2.22. The predicted molar refractivity (Wildman–Crippen MR) is 127 cm³/mol. The van der Waals surface area contributed by atoms with Gasteiger partial charge in [-0.15, -0.1) is 0 Å². The molecule has 2 aromatic carbocycles. The van der Waals surface area contributed by atoms with Crippen molar-refractivity contribution >= 4 is 26.9 Å². The highest BCUT2D eigenvalue weighted by atomic mass is 32.2. The maximum atomic E-state index is 13.2. The number of carbonyl (C=O) groups excluding carboxylic acids is 1. The third kappa shape index (κ3) is 5.07. The number of nitrogens with one attached hydrogen (secondary N) is 1. The van der Waals surface area contributed by atoms with E-state index in [2.05, 4.69) is 15.5 Å². The molecule has 0 aliphatic carbocycles. The van der Waals surface area contributed by atoms with E-state index >= 15 is 0 Å². The van der Waals surface area contributed by atoms with Crippen LogP contribution in [0, 0.1) is 0 Å². The molecule has 192 valence electrons. The fraction of sp³-hybridized carbons (Fsp3) is 0.240. The van der Waals surface area contributed by atoms with E-state index in [0.29, 0.717) is 40.6 Å². The Morgan fingerprint density at radius 3 is 2.57 bits per heavy atom. The molecule has 5 rings (SSSR count). The third-order valence-electron chi connectivity index (χ3n) is 6.17. The van der Waals surface area contributed by atoms with E-state index in [1.54, 1.807) is 30.3 Å². The van der Waals surface area contributed by atoms with Gasteiger partial charge in [0.05, 0.1) is 24.0 Å². The summed E-state index contributed by atoms with van der Waals surface area (Å²) in [6.07, 6.45) is -2.16. The number of rotatable bonds is 6. The summed E-state index contributed by atoms with van der Waals surface area (Å²) in [7, 11) is -4.04. The SMILES string of the molecule is O=C(NCc1cc(-c2ccc(C(F)(F)F)cc2)cnn1)C1CCCN1S(=O)(=O)c1cc2ccccc2o1. The standard InChI is InChI=1S/C25H21F3N4O4S/c26-25(27,28)19-9-7-16(8-10-19)18-12-20(31-30-14-18)15-29-24(33)21-5-3-11-32(21)37(34,35)23-13-17-4-1-2-6-22(17)36-23/h1-2,4,6-10,12-14,21H,3,5,11,15H2,(H,29,33). The average Bonchev–Trinajstić information content (AvgIpc) is 3.55. The Balaban J connectivity index is 1.28. The maximum absolute atomic E-state index is 13.2. The normalized spacial score (nSPS) is 16.8. The summed E-state index contributed by atoms with van der Waals surface area (Å²) in [5.41, 5.74) is 1.09. The van der Waals surface area contributed by atoms with E-state index in [1.807, 2.05) is 0 Å². The van der Waals surface area contributed by atoms with Gasteiger partial charge in [-0.25, -0.2) is 8.42 Å². The van der Waals surface area contributed by atoms with Crippen LogP contribution in [0.4, 0.5) is 13.2 Å². The molecule has 1 saturated heterocycles. The number of carbonyl (C=O) groups is 1. The largest absolute Gasteiger partial charge is 0.443 e. The molecule has 37 heavy (non-hydrogen) atoms. The van der Waals surface area contributed by atoms with Crippen molar-refractivity contribution in [1.29, 1.82) is 0 Å². The minimum atomic E-state index is -4.43. The highest BCUT2D eigenvalue weighted by Crippen LogP contribution is 2.32. The molecule has 0 radical (unpaired) electrons. The molecule has 1 N–H and O–H groups in total. The average molecular weight is 531 g/mol. The van der Waals surface area contributed by atoms with E-state index in [-0.39, 0.29) is 18.2 Å². The Labute approximate surface area is 210 Å². The van der Waals surface area contributed by atoms with Gasteiger partial charge in [0.2, 0.25) is 11.0 Å². The number of hydrogen-bond donors (Lipinski definition) is 1. The van der Waals surface area contributed by atoms with Crippen LogP contribution in [0.3, 0.4) is 0 Å². The fourth-order valence-corrected chi connectivity index (χ4v) is 5.90. The number of amides is 1. The number of alkyl halides is 3. The first-order valence-electron chi connectivity index (χ1n) is 11.4. The van der Waals surface area contributed by atoms with Crippen molar-refractivity contribution in [3.63, 3.8) is 0 Å². The van der Waals surface area contributed by atoms with Crippen LogP contribution < -0.4 is 5.32 Å². The molecule has 1 unspecified atom stereocenters. The number of fused-ring (bicyclic) bond motifs is 1. The Bertz CT molecular complexity index is 1520. The van der Waals surface area contributed by atoms with Crippen molar-refractivity contribution in [2.24, 2.45) is 0 Å². The van der Waals surface area contributed by atoms with E-state index in [4.69, 9.17) is 4.42 Å². The lowest BCUT2D eigenvalue weighted by Crippen LogP contribution is -2.45. The van der Waals surface area contributed by atoms with Gasteiger partial charge in [0.15, 0.2) is 0 Å². The molecular weight excluding hydrogens is 509 g/mol. The van der Waals surface area contributed by atoms with E-state index in [0.717, 1.165) is 16.4 Å². The molecule has 1 fully saturated rings. The zero-order chi connectivity index (χ0) is 26.2. The van der Waals surface area contributed by atoms with E-state index in [9.17, 15) is 26.4 Å². The summed E-state index contributed by atoms with van der Waals surface area (Å²) in [4.78, 5) is 13.0. The number of para-hydroxylation sites is 1. The second kappa shape index (κ2) is 9.60. The first-order valence-corrected chi connectivity index (χ1v) is 12.8. The predicted octanol–water partition coefficient (Wildman–Crippen LogP) is 4.38. The van der Waals surface area contributed by atoms with Crippen molar-refractivity contribution in [1.82, 2.24) is 19.8 Å². The number of sulfonamides is 1. The second-order valence-electron chi connectivity index (χ2n) is 8.61. The summed E-state index contributed by atoms with van der Waals surface area (Å²) >= 11 is 0. The van der Waals surface area contributed by atoms with Crippen LogP contribution in [0.2, 0.25) is 0 Å². The van der Waals surface area contributed by atoms with Gasteiger partial charge in [-0.05, 0) is 42.7 Å². The molecule has 0 spiro atoms. The number of halogens is 3. The van der Waals surface area contributed by atoms with Crippen molar-refractivity contribution in [3.8, 4) is 11.1 Å². The summed E-state index contributed by atoms with van der Waals surface area (Å²) in [6.45, 7) is 0.149. The van der Waals surface area contributed by atoms with Crippen LogP contribution in [-0.4, -0.2) is 41.4 Å². The van der Waals surface area contributed by atoms with Crippen LogP contribution in [0.5, 0.6) is 0 Å². The smallest absolute Gasteiger partial charge is 0.416 e. The van der Waals surface area contributed by atoms with Gasteiger partial charge < -0.3 is 9.73 Å². The van der Waals surface area contributed by atoms with Crippen molar-refractivity contribution < 1.29 is 30.8 Å². The first-order chi connectivity index (χ1) is 17.6. The number of furan rings is 1. The van der Waals surface area contributed by atoms with Gasteiger partial charge in [-0.2, -0.15) is 27.7 Å². The van der Waals surface area contributed by atoms with E-state index in [1.165, 1.54) is 24.4 Å². The summed E-state index contributed by atoms with van der Waals surface area (Å²) in [5, 5.41) is 11.0. The Hall–Kier alpha value is -3.77. The molecule has 1 aliphatic rings. The lowest BCUT2D eigenvalue weighted by molar-refractivity contribution is -0.137. The van der Waals surface area contributed by atoms with Crippen LogP contribution in [0.25, 0.3) is 22.1 Å². The second-order valence-corrected chi connectivity index (χ2v) is 10.4. The molecule has 12 heteroatoms. The van der Waals surface area contributed by atoms with Crippen LogP contribution >= 0.6 is 0 Å². The minimum Gasteiger partial charge on any atom is -0.443 e. The highest BCUT2D eigenvalue weighted by Gasteiger charge is 2.41. The Morgan fingerprint density at radius 1 is 1.08 bits per heavy atom. The summed E-state index contributed by atoms with van der Waals surface area (Å²) in [6, 6.07) is 13.7. The molecule has 4 aromatic rings. The maximum Gasteiger partial charge on any atom is 0.416 e. The fourth-order valence-electron chi connectivity index (χ4n) is 4.29. The molecule has 1 aliphatic heterocycles. The zero-order valence-corrected chi connectivity index (χ0v) is 20.1. The summed E-state index contributed by atoms with van der Waals surface area (Å²) < 4.78 is 71.6.